The van der Waals surface area contributed by atoms with E-state index in [0.29, 0.717) is 12.6 Å². The summed E-state index contributed by atoms with van der Waals surface area (Å²) in [7, 11) is 1.68. The molecule has 106 valence electrons. The molecule has 1 aliphatic rings. The number of ether oxygens (including phenoxy) is 1. The van der Waals surface area contributed by atoms with Gasteiger partial charge in [0.15, 0.2) is 0 Å². The molecule has 1 atom stereocenters. The van der Waals surface area contributed by atoms with Crippen molar-refractivity contribution < 1.29 is 4.74 Å². The molecule has 1 saturated heterocycles. The topological polar surface area (TPSA) is 66.1 Å². The molecule has 0 spiro atoms. The Kier molecular flexibility index (Phi) is 6.38. The average Bonchev–Trinajstić information content (AvgIpc) is 2.36. The number of hydrogen-bond acceptors (Lipinski definition) is 4. The molecule has 0 amide bonds. The summed E-state index contributed by atoms with van der Waals surface area (Å²) >= 11 is 0. The highest BCUT2D eigenvalue weighted by Gasteiger charge is 2.21. The zero-order valence-electron chi connectivity index (χ0n) is 12.0. The molecular weight excluding hydrogens is 230 g/mol. The summed E-state index contributed by atoms with van der Waals surface area (Å²) in [6.07, 6.45) is 0. The maximum atomic E-state index is 5.57. The Morgan fingerprint density at radius 2 is 1.89 bits per heavy atom. The summed E-state index contributed by atoms with van der Waals surface area (Å²) in [6.45, 7) is 11.1. The Bertz CT molecular complexity index is 261. The van der Waals surface area contributed by atoms with Gasteiger partial charge in [-0.05, 0) is 20.8 Å². The Labute approximate surface area is 110 Å². The van der Waals surface area contributed by atoms with Crippen molar-refractivity contribution in [2.24, 2.45) is 10.8 Å². The van der Waals surface area contributed by atoms with Gasteiger partial charge in [0, 0.05) is 39.3 Å². The van der Waals surface area contributed by atoms with Crippen LogP contribution in [-0.2, 0) is 4.74 Å². The standard InChI is InChI=1S/C12H27N5O/c1-10(2)16-5-7-17(8-6-16)12(15-13)14-11(3)9-18-4/h10-11H,5-9,13H2,1-4H3,(H,14,15). The number of guanidine groups is 1. The summed E-state index contributed by atoms with van der Waals surface area (Å²) in [5.41, 5.74) is 2.71. The maximum absolute atomic E-state index is 5.57. The molecule has 0 radical (unpaired) electrons. The third-order valence-corrected chi connectivity index (χ3v) is 3.22. The van der Waals surface area contributed by atoms with E-state index in [4.69, 9.17) is 10.6 Å². The molecule has 0 bridgehead atoms. The van der Waals surface area contributed by atoms with Crippen LogP contribution in [0.25, 0.3) is 0 Å². The van der Waals surface area contributed by atoms with E-state index in [0.717, 1.165) is 32.1 Å². The minimum absolute atomic E-state index is 0.115. The molecule has 1 fully saturated rings. The fraction of sp³-hybridized carbons (Fsp3) is 0.917. The minimum atomic E-state index is 0.115. The van der Waals surface area contributed by atoms with Gasteiger partial charge in [-0.3, -0.25) is 10.3 Å². The van der Waals surface area contributed by atoms with Crippen molar-refractivity contribution >= 4 is 5.96 Å². The fourth-order valence-corrected chi connectivity index (χ4v) is 2.15. The van der Waals surface area contributed by atoms with Gasteiger partial charge in [0.2, 0.25) is 5.96 Å². The predicted molar refractivity (Wildman–Crippen MR) is 74.4 cm³/mol. The number of nitrogens with one attached hydrogen (secondary N) is 1. The van der Waals surface area contributed by atoms with E-state index in [1.807, 2.05) is 6.92 Å². The van der Waals surface area contributed by atoms with Gasteiger partial charge in [-0.25, -0.2) is 10.8 Å². The molecule has 0 saturated carbocycles. The largest absolute Gasteiger partial charge is 0.382 e. The van der Waals surface area contributed by atoms with E-state index >= 15 is 0 Å². The smallest absolute Gasteiger partial charge is 0.208 e. The number of nitrogens with zero attached hydrogens (tertiary/aromatic N) is 3. The normalized spacial score (nSPS) is 20.3. The van der Waals surface area contributed by atoms with Crippen molar-refractivity contribution in [3.8, 4) is 0 Å². The quantitative estimate of drug-likeness (QED) is 0.318. The number of nitrogens with two attached hydrogens (primary N) is 1. The van der Waals surface area contributed by atoms with Crippen LogP contribution in [0.4, 0.5) is 0 Å². The first kappa shape index (κ1) is 15.2. The van der Waals surface area contributed by atoms with Gasteiger partial charge >= 0.3 is 0 Å². The maximum Gasteiger partial charge on any atom is 0.208 e. The molecule has 6 heteroatoms. The molecule has 3 N–H and O–H groups in total. The van der Waals surface area contributed by atoms with Crippen molar-refractivity contribution in [2.75, 3.05) is 39.9 Å². The summed E-state index contributed by atoms with van der Waals surface area (Å²) in [5, 5.41) is 0. The molecule has 1 unspecified atom stereocenters. The number of hydrazine groups is 1. The van der Waals surface area contributed by atoms with Crippen LogP contribution in [0.5, 0.6) is 0 Å². The van der Waals surface area contributed by atoms with Crippen LogP contribution in [-0.4, -0.2) is 67.7 Å². The van der Waals surface area contributed by atoms with Crippen molar-refractivity contribution in [3.05, 3.63) is 0 Å². The van der Waals surface area contributed by atoms with Gasteiger partial charge in [0.25, 0.3) is 0 Å². The Hall–Kier alpha value is -0.850. The van der Waals surface area contributed by atoms with Crippen LogP contribution in [0.1, 0.15) is 20.8 Å². The van der Waals surface area contributed by atoms with Crippen LogP contribution < -0.4 is 11.3 Å². The van der Waals surface area contributed by atoms with Crippen LogP contribution in [0.15, 0.2) is 4.99 Å². The van der Waals surface area contributed by atoms with Gasteiger partial charge in [0.1, 0.15) is 0 Å². The molecular formula is C12H27N5O. The predicted octanol–water partition coefficient (Wildman–Crippen LogP) is -0.133. The first-order chi connectivity index (χ1) is 8.58. The second kappa shape index (κ2) is 7.56. The molecule has 18 heavy (non-hydrogen) atoms. The second-order valence-electron chi connectivity index (χ2n) is 5.02. The number of methoxy groups -OCH3 is 1. The number of rotatable bonds is 4. The number of aliphatic imine (C=N–C) groups is 1. The Morgan fingerprint density at radius 1 is 1.28 bits per heavy atom. The fourth-order valence-electron chi connectivity index (χ4n) is 2.15. The van der Waals surface area contributed by atoms with Gasteiger partial charge < -0.3 is 9.64 Å². The lowest BCUT2D eigenvalue weighted by Gasteiger charge is -2.38. The Balaban J connectivity index is 2.52. The molecule has 1 aliphatic heterocycles. The van der Waals surface area contributed by atoms with E-state index in [2.05, 4.69) is 34.1 Å². The molecule has 0 aromatic heterocycles. The molecule has 1 rings (SSSR count). The molecule has 0 aliphatic carbocycles. The van der Waals surface area contributed by atoms with E-state index in [9.17, 15) is 0 Å². The molecule has 6 nitrogen and oxygen atoms in total. The van der Waals surface area contributed by atoms with E-state index in [1.165, 1.54) is 0 Å². The van der Waals surface area contributed by atoms with Crippen molar-refractivity contribution in [1.82, 2.24) is 15.2 Å². The highest BCUT2D eigenvalue weighted by molar-refractivity contribution is 5.79. The highest BCUT2D eigenvalue weighted by atomic mass is 16.5. The minimum Gasteiger partial charge on any atom is -0.382 e. The second-order valence-corrected chi connectivity index (χ2v) is 5.02. The summed E-state index contributed by atoms with van der Waals surface area (Å²) in [6, 6.07) is 0.718. The third kappa shape index (κ3) is 4.44. The Morgan fingerprint density at radius 3 is 2.33 bits per heavy atom. The van der Waals surface area contributed by atoms with E-state index in [-0.39, 0.29) is 6.04 Å². The summed E-state index contributed by atoms with van der Waals surface area (Å²) in [4.78, 5) is 9.20. The molecule has 1 heterocycles. The van der Waals surface area contributed by atoms with Crippen LogP contribution in [0, 0.1) is 0 Å². The lowest BCUT2D eigenvalue weighted by Crippen LogP contribution is -2.55. The van der Waals surface area contributed by atoms with Crippen molar-refractivity contribution in [1.29, 1.82) is 0 Å². The third-order valence-electron chi connectivity index (χ3n) is 3.22. The summed E-state index contributed by atoms with van der Waals surface area (Å²) in [5.74, 6) is 6.33. The average molecular weight is 257 g/mol. The lowest BCUT2D eigenvalue weighted by molar-refractivity contribution is 0.145. The van der Waals surface area contributed by atoms with Gasteiger partial charge in [-0.15, -0.1) is 0 Å². The van der Waals surface area contributed by atoms with Crippen LogP contribution in [0.2, 0.25) is 0 Å². The van der Waals surface area contributed by atoms with Crippen molar-refractivity contribution in [2.45, 2.75) is 32.9 Å². The first-order valence-electron chi connectivity index (χ1n) is 6.60. The zero-order valence-corrected chi connectivity index (χ0v) is 12.0. The van der Waals surface area contributed by atoms with Crippen LogP contribution >= 0.6 is 0 Å². The van der Waals surface area contributed by atoms with E-state index in [1.54, 1.807) is 7.11 Å². The summed E-state index contributed by atoms with van der Waals surface area (Å²) < 4.78 is 5.08. The van der Waals surface area contributed by atoms with Gasteiger partial charge in [-0.2, -0.15) is 0 Å². The molecule has 0 aromatic rings. The van der Waals surface area contributed by atoms with E-state index < -0.39 is 0 Å². The van der Waals surface area contributed by atoms with Gasteiger partial charge in [-0.1, -0.05) is 0 Å². The zero-order chi connectivity index (χ0) is 13.5. The molecule has 0 aromatic carbocycles. The highest BCUT2D eigenvalue weighted by Crippen LogP contribution is 2.06. The van der Waals surface area contributed by atoms with Crippen molar-refractivity contribution in [3.63, 3.8) is 0 Å². The SMILES string of the molecule is COCC(C)N=C(NN)N1CCN(C(C)C)CC1. The first-order valence-corrected chi connectivity index (χ1v) is 6.60. The van der Waals surface area contributed by atoms with Crippen LogP contribution in [0.3, 0.4) is 0 Å². The number of hydrogen-bond donors (Lipinski definition) is 2. The van der Waals surface area contributed by atoms with Gasteiger partial charge in [0.05, 0.1) is 12.6 Å². The lowest BCUT2D eigenvalue weighted by atomic mass is 10.2. The number of piperazine rings is 1. The monoisotopic (exact) mass is 257 g/mol.